The van der Waals surface area contributed by atoms with Gasteiger partial charge in [-0.25, -0.2) is 9.37 Å². The molecule has 0 atom stereocenters. The molecular weight excluding hydrogens is 457 g/mol. The van der Waals surface area contributed by atoms with E-state index >= 15 is 0 Å². The van der Waals surface area contributed by atoms with Crippen LogP contribution in [0.5, 0.6) is 0 Å². The van der Waals surface area contributed by atoms with Gasteiger partial charge >= 0.3 is 0 Å². The van der Waals surface area contributed by atoms with Crippen molar-refractivity contribution < 1.29 is 14.0 Å². The summed E-state index contributed by atoms with van der Waals surface area (Å²) in [7, 11) is 0. The predicted octanol–water partition coefficient (Wildman–Crippen LogP) is 5.51. The van der Waals surface area contributed by atoms with Gasteiger partial charge in [0, 0.05) is 29.3 Å². The zero-order chi connectivity index (χ0) is 23.4. The Bertz CT molecular complexity index is 1140. The van der Waals surface area contributed by atoms with Crippen molar-refractivity contribution in [1.29, 1.82) is 0 Å². The van der Waals surface area contributed by atoms with Crippen LogP contribution < -0.4 is 5.32 Å². The molecule has 1 N–H and O–H groups in total. The predicted molar refractivity (Wildman–Crippen MR) is 132 cm³/mol. The summed E-state index contributed by atoms with van der Waals surface area (Å²) in [6, 6.07) is 12.8. The molecule has 0 radical (unpaired) electrons. The third-order valence-corrected chi connectivity index (χ3v) is 7.59. The van der Waals surface area contributed by atoms with Crippen LogP contribution in [0.2, 0.25) is 0 Å². The summed E-state index contributed by atoms with van der Waals surface area (Å²) in [5, 5.41) is 5.21. The maximum Gasteiger partial charge on any atom is 0.275 e. The molecule has 1 aromatic heterocycles. The summed E-state index contributed by atoms with van der Waals surface area (Å²) >= 11 is 3.13. The van der Waals surface area contributed by atoms with Gasteiger partial charge in [-0.1, -0.05) is 18.2 Å². The van der Waals surface area contributed by atoms with Crippen LogP contribution in [0, 0.1) is 12.7 Å². The van der Waals surface area contributed by atoms with Crippen LogP contribution in [0.1, 0.15) is 45.4 Å². The molecule has 0 spiro atoms. The van der Waals surface area contributed by atoms with Crippen LogP contribution in [-0.4, -0.2) is 41.0 Å². The number of anilines is 1. The molecule has 1 saturated heterocycles. The zero-order valence-electron chi connectivity index (χ0n) is 18.6. The molecule has 3 aromatic rings. The van der Waals surface area contributed by atoms with Gasteiger partial charge in [-0.15, -0.1) is 23.1 Å². The standard InChI is InChI=1S/C25H26FN3O2S2/c1-16-3-8-21(20(26)13-16)27-24(31)22-15-33-25(28-22)18-9-11-29(12-10-18)23(30)14-17-4-6-19(32-2)7-5-17/h3-8,13,15,18H,9-12,14H2,1-2H3,(H,27,31). The van der Waals surface area contributed by atoms with E-state index in [9.17, 15) is 14.0 Å². The third kappa shape index (κ3) is 5.81. The van der Waals surface area contributed by atoms with Crippen LogP contribution >= 0.6 is 23.1 Å². The highest BCUT2D eigenvalue weighted by molar-refractivity contribution is 7.98. The van der Waals surface area contributed by atoms with Crippen LogP contribution in [0.3, 0.4) is 0 Å². The fourth-order valence-corrected chi connectivity index (χ4v) is 5.27. The molecule has 33 heavy (non-hydrogen) atoms. The molecule has 1 aliphatic heterocycles. The second-order valence-electron chi connectivity index (χ2n) is 8.19. The number of aryl methyl sites for hydroxylation is 1. The molecule has 4 rings (SSSR count). The third-order valence-electron chi connectivity index (χ3n) is 5.84. The highest BCUT2D eigenvalue weighted by atomic mass is 32.2. The lowest BCUT2D eigenvalue weighted by atomic mass is 9.97. The molecule has 2 heterocycles. The number of hydrogen-bond donors (Lipinski definition) is 1. The van der Waals surface area contributed by atoms with Gasteiger partial charge in [0.25, 0.3) is 5.91 Å². The highest BCUT2D eigenvalue weighted by Gasteiger charge is 2.26. The largest absolute Gasteiger partial charge is 0.342 e. The Hall–Kier alpha value is -2.71. The van der Waals surface area contributed by atoms with E-state index in [-0.39, 0.29) is 17.5 Å². The average molecular weight is 484 g/mol. The van der Waals surface area contributed by atoms with Crippen LogP contribution in [0.15, 0.2) is 52.7 Å². The van der Waals surface area contributed by atoms with E-state index in [0.717, 1.165) is 29.0 Å². The van der Waals surface area contributed by atoms with Gasteiger partial charge in [0.2, 0.25) is 5.91 Å². The fourth-order valence-electron chi connectivity index (χ4n) is 3.89. The zero-order valence-corrected chi connectivity index (χ0v) is 20.3. The summed E-state index contributed by atoms with van der Waals surface area (Å²) in [4.78, 5) is 32.8. The minimum atomic E-state index is -0.462. The number of nitrogens with one attached hydrogen (secondary N) is 1. The summed E-state index contributed by atoms with van der Waals surface area (Å²) in [5.74, 6) is -0.515. The Kier molecular flexibility index (Phi) is 7.45. The van der Waals surface area contributed by atoms with Crippen molar-refractivity contribution in [2.75, 3.05) is 24.7 Å². The van der Waals surface area contributed by atoms with Crippen molar-refractivity contribution in [3.63, 3.8) is 0 Å². The summed E-state index contributed by atoms with van der Waals surface area (Å²) in [6.45, 7) is 3.16. The van der Waals surface area contributed by atoms with Crippen LogP contribution in [0.4, 0.5) is 10.1 Å². The number of thioether (sulfide) groups is 1. The number of nitrogens with zero attached hydrogens (tertiary/aromatic N) is 2. The summed E-state index contributed by atoms with van der Waals surface area (Å²) in [6.07, 6.45) is 4.08. The molecule has 1 fully saturated rings. The lowest BCUT2D eigenvalue weighted by Crippen LogP contribution is -2.38. The molecule has 2 amide bonds. The minimum Gasteiger partial charge on any atom is -0.342 e. The second-order valence-corrected chi connectivity index (χ2v) is 9.96. The number of piperidine rings is 1. The Morgan fingerprint density at radius 1 is 1.18 bits per heavy atom. The highest BCUT2D eigenvalue weighted by Crippen LogP contribution is 2.31. The van der Waals surface area contributed by atoms with E-state index in [0.29, 0.717) is 25.2 Å². The van der Waals surface area contributed by atoms with E-state index in [1.807, 2.05) is 35.4 Å². The van der Waals surface area contributed by atoms with Crippen molar-refractivity contribution in [3.05, 3.63) is 75.5 Å². The van der Waals surface area contributed by atoms with Gasteiger partial charge < -0.3 is 10.2 Å². The van der Waals surface area contributed by atoms with Gasteiger partial charge in [0.15, 0.2) is 0 Å². The molecule has 5 nitrogen and oxygen atoms in total. The number of amides is 2. The fraction of sp³-hybridized carbons (Fsp3) is 0.320. The van der Waals surface area contributed by atoms with E-state index in [1.54, 1.807) is 36.2 Å². The topological polar surface area (TPSA) is 62.3 Å². The monoisotopic (exact) mass is 483 g/mol. The molecule has 0 unspecified atom stereocenters. The number of carbonyl (C=O) groups excluding carboxylic acids is 2. The lowest BCUT2D eigenvalue weighted by Gasteiger charge is -2.31. The van der Waals surface area contributed by atoms with Gasteiger partial charge in [0.1, 0.15) is 11.5 Å². The first kappa shape index (κ1) is 23.4. The Morgan fingerprint density at radius 2 is 1.91 bits per heavy atom. The van der Waals surface area contributed by atoms with Gasteiger partial charge in [0.05, 0.1) is 17.1 Å². The Balaban J connectivity index is 1.30. The molecule has 0 saturated carbocycles. The van der Waals surface area contributed by atoms with Crippen LogP contribution in [-0.2, 0) is 11.2 Å². The molecule has 172 valence electrons. The molecule has 8 heteroatoms. The van der Waals surface area contributed by atoms with Crippen molar-refractivity contribution in [1.82, 2.24) is 9.88 Å². The lowest BCUT2D eigenvalue weighted by molar-refractivity contribution is -0.131. The minimum absolute atomic E-state index is 0.143. The second kappa shape index (κ2) is 10.5. The van der Waals surface area contributed by atoms with Crippen LogP contribution in [0.25, 0.3) is 0 Å². The smallest absolute Gasteiger partial charge is 0.275 e. The van der Waals surface area contributed by atoms with Crippen molar-refractivity contribution >= 4 is 40.6 Å². The van der Waals surface area contributed by atoms with E-state index in [1.165, 1.54) is 22.3 Å². The van der Waals surface area contributed by atoms with E-state index < -0.39 is 11.7 Å². The van der Waals surface area contributed by atoms with Crippen molar-refractivity contribution in [2.24, 2.45) is 0 Å². The maximum atomic E-state index is 14.0. The normalized spacial score (nSPS) is 14.3. The number of carbonyl (C=O) groups is 2. The SMILES string of the molecule is CSc1ccc(CC(=O)N2CCC(c3nc(C(=O)Nc4ccc(C)cc4F)cs3)CC2)cc1. The number of likely N-dealkylation sites (tertiary alicyclic amines) is 1. The van der Waals surface area contributed by atoms with E-state index in [4.69, 9.17) is 0 Å². The molecular formula is C25H26FN3O2S2. The van der Waals surface area contributed by atoms with Gasteiger partial charge in [-0.05, 0) is 61.4 Å². The number of thiazole rings is 1. The van der Waals surface area contributed by atoms with Gasteiger partial charge in [-0.3, -0.25) is 9.59 Å². The number of halogens is 1. The van der Waals surface area contributed by atoms with Gasteiger partial charge in [-0.2, -0.15) is 0 Å². The number of aromatic nitrogens is 1. The molecule has 1 aliphatic rings. The number of benzene rings is 2. The van der Waals surface area contributed by atoms with E-state index in [2.05, 4.69) is 10.3 Å². The Morgan fingerprint density at radius 3 is 2.58 bits per heavy atom. The first-order valence-corrected chi connectivity index (χ1v) is 13.0. The van der Waals surface area contributed by atoms with Crippen molar-refractivity contribution in [3.8, 4) is 0 Å². The number of hydrogen-bond acceptors (Lipinski definition) is 5. The molecule has 0 aliphatic carbocycles. The molecule has 2 aromatic carbocycles. The average Bonchev–Trinajstić information content (AvgIpc) is 3.32. The first-order chi connectivity index (χ1) is 15.9. The molecule has 0 bridgehead atoms. The summed E-state index contributed by atoms with van der Waals surface area (Å²) < 4.78 is 14.0. The Labute approximate surface area is 201 Å². The maximum absolute atomic E-state index is 14.0. The number of rotatable bonds is 6. The van der Waals surface area contributed by atoms with Crippen molar-refractivity contribution in [2.45, 2.75) is 37.0 Å². The summed E-state index contributed by atoms with van der Waals surface area (Å²) in [5.41, 5.74) is 2.26. The quantitative estimate of drug-likeness (QED) is 0.470. The first-order valence-electron chi connectivity index (χ1n) is 10.9.